The second kappa shape index (κ2) is 7.14. The van der Waals surface area contributed by atoms with E-state index >= 15 is 0 Å². The van der Waals surface area contributed by atoms with E-state index in [9.17, 15) is 19.1 Å². The number of hydrogen-bond donors (Lipinski definition) is 2. The minimum absolute atomic E-state index is 0.0461. The van der Waals surface area contributed by atoms with Crippen LogP contribution in [0.25, 0.3) is 33.0 Å². The zero-order valence-electron chi connectivity index (χ0n) is 15.9. The molecule has 3 aromatic heterocycles. The fourth-order valence-electron chi connectivity index (χ4n) is 3.96. The molecule has 0 aliphatic rings. The molecule has 5 aromatic rings. The Bertz CT molecular complexity index is 1550. The van der Waals surface area contributed by atoms with Crippen molar-refractivity contribution in [2.75, 3.05) is 0 Å². The van der Waals surface area contributed by atoms with Gasteiger partial charge in [-0.1, -0.05) is 29.8 Å². The maximum Gasteiger partial charge on any atom is 0.353 e. The summed E-state index contributed by atoms with van der Waals surface area (Å²) in [5.74, 6) is -1.71. The Morgan fingerprint density at radius 2 is 1.97 bits per heavy atom. The molecule has 0 atom stereocenters. The van der Waals surface area contributed by atoms with Crippen LogP contribution in [0, 0.1) is 5.82 Å². The number of aromatic nitrogens is 2. The lowest BCUT2D eigenvalue weighted by Crippen LogP contribution is -2.14. The average Bonchev–Trinajstić information content (AvgIpc) is 3.28. The van der Waals surface area contributed by atoms with Crippen LogP contribution in [0.15, 0.2) is 70.2 Å². The van der Waals surface area contributed by atoms with Gasteiger partial charge in [-0.2, -0.15) is 0 Å². The van der Waals surface area contributed by atoms with Crippen LogP contribution in [0.3, 0.4) is 0 Å². The molecule has 0 fully saturated rings. The van der Waals surface area contributed by atoms with Gasteiger partial charge in [-0.3, -0.25) is 4.79 Å². The van der Waals surface area contributed by atoms with E-state index in [4.69, 9.17) is 16.0 Å². The second-order valence-corrected chi connectivity index (χ2v) is 7.45. The largest absolute Gasteiger partial charge is 0.477 e. The number of hydrogen-bond acceptors (Lipinski definition) is 3. The quantitative estimate of drug-likeness (QED) is 0.401. The van der Waals surface area contributed by atoms with E-state index in [-0.39, 0.29) is 23.4 Å². The zero-order chi connectivity index (χ0) is 21.7. The number of H-pyrrole nitrogens is 1. The van der Waals surface area contributed by atoms with Gasteiger partial charge < -0.3 is 19.1 Å². The van der Waals surface area contributed by atoms with Crippen LogP contribution in [0.1, 0.15) is 16.1 Å². The molecule has 0 radical (unpaired) electrons. The topological polar surface area (TPSA) is 88.2 Å². The standard InChI is InChI=1S/C23H14ClFN2O4/c24-15-11-31-21-13(15)7-8-17-19(21)18(14-5-3-9-26-22(14)28)20(23(29)30)27(17)10-12-4-1-2-6-16(12)25/h1-9,11H,10H2,(H,26,28)(H,29,30). The Morgan fingerprint density at radius 3 is 2.71 bits per heavy atom. The van der Waals surface area contributed by atoms with E-state index in [0.717, 1.165) is 0 Å². The van der Waals surface area contributed by atoms with E-state index in [1.807, 2.05) is 0 Å². The van der Waals surface area contributed by atoms with Gasteiger partial charge >= 0.3 is 5.97 Å². The van der Waals surface area contributed by atoms with Crippen LogP contribution in [-0.2, 0) is 6.54 Å². The molecule has 6 nitrogen and oxygen atoms in total. The number of carboxylic acid groups (broad SMARTS) is 1. The van der Waals surface area contributed by atoms with Gasteiger partial charge in [-0.05, 0) is 30.3 Å². The molecule has 2 N–H and O–H groups in total. The number of halogens is 2. The fourth-order valence-corrected chi connectivity index (χ4v) is 4.15. The summed E-state index contributed by atoms with van der Waals surface area (Å²) in [6.07, 6.45) is 2.82. The number of aromatic amines is 1. The highest BCUT2D eigenvalue weighted by atomic mass is 35.5. The number of pyridine rings is 1. The highest BCUT2D eigenvalue weighted by molar-refractivity contribution is 6.36. The van der Waals surface area contributed by atoms with Crippen molar-refractivity contribution in [2.45, 2.75) is 6.54 Å². The summed E-state index contributed by atoms with van der Waals surface area (Å²) in [5.41, 5.74) is 0.912. The minimum Gasteiger partial charge on any atom is -0.477 e. The third kappa shape index (κ3) is 2.93. The molecule has 2 aromatic carbocycles. The molecule has 31 heavy (non-hydrogen) atoms. The summed E-state index contributed by atoms with van der Waals surface area (Å²) in [6.45, 7) is -0.0461. The molecule has 3 heterocycles. The first kappa shape index (κ1) is 19.1. The van der Waals surface area contributed by atoms with Crippen molar-refractivity contribution in [2.24, 2.45) is 0 Å². The molecule has 154 valence electrons. The molecule has 8 heteroatoms. The van der Waals surface area contributed by atoms with E-state index in [2.05, 4.69) is 4.98 Å². The number of carboxylic acids is 1. The van der Waals surface area contributed by atoms with Crippen LogP contribution in [-0.4, -0.2) is 20.6 Å². The van der Waals surface area contributed by atoms with E-state index < -0.39 is 17.3 Å². The number of fused-ring (bicyclic) bond motifs is 3. The van der Waals surface area contributed by atoms with Gasteiger partial charge in [0.05, 0.1) is 28.0 Å². The van der Waals surface area contributed by atoms with Crippen molar-refractivity contribution in [3.8, 4) is 11.1 Å². The summed E-state index contributed by atoms with van der Waals surface area (Å²) >= 11 is 6.23. The molecule has 0 spiro atoms. The Morgan fingerprint density at radius 1 is 1.16 bits per heavy atom. The average molecular weight is 437 g/mol. The highest BCUT2D eigenvalue weighted by Gasteiger charge is 2.28. The third-order valence-electron chi connectivity index (χ3n) is 5.30. The van der Waals surface area contributed by atoms with Crippen molar-refractivity contribution in [3.63, 3.8) is 0 Å². The van der Waals surface area contributed by atoms with Gasteiger partial charge in [-0.25, -0.2) is 9.18 Å². The van der Waals surface area contributed by atoms with Crippen LogP contribution in [0.2, 0.25) is 5.02 Å². The van der Waals surface area contributed by atoms with Gasteiger partial charge in [0.1, 0.15) is 23.4 Å². The number of furan rings is 1. The SMILES string of the molecule is O=C(O)c1c(-c2ccc[nH]c2=O)c2c3occ(Cl)c3ccc2n1Cc1ccccc1F. The van der Waals surface area contributed by atoms with Crippen molar-refractivity contribution in [1.82, 2.24) is 9.55 Å². The lowest BCUT2D eigenvalue weighted by Gasteiger charge is -2.10. The Hall–Kier alpha value is -3.84. The number of carbonyl (C=O) groups is 1. The van der Waals surface area contributed by atoms with E-state index in [0.29, 0.717) is 32.5 Å². The number of aromatic carboxylic acids is 1. The molecule has 0 unspecified atom stereocenters. The van der Waals surface area contributed by atoms with Crippen molar-refractivity contribution >= 4 is 39.4 Å². The summed E-state index contributed by atoms with van der Waals surface area (Å²) < 4.78 is 21.5. The number of nitrogens with zero attached hydrogens (tertiary/aromatic N) is 1. The summed E-state index contributed by atoms with van der Waals surface area (Å²) in [6, 6.07) is 12.7. The molecule has 5 rings (SSSR count). The predicted molar refractivity (Wildman–Crippen MR) is 115 cm³/mol. The Labute approximate surface area is 179 Å². The molecule has 0 aliphatic carbocycles. The van der Waals surface area contributed by atoms with Crippen molar-refractivity contribution in [3.05, 3.63) is 93.4 Å². The molecular formula is C23H14ClFN2O4. The zero-order valence-corrected chi connectivity index (χ0v) is 16.6. The summed E-state index contributed by atoms with van der Waals surface area (Å²) in [4.78, 5) is 27.6. The maximum absolute atomic E-state index is 14.4. The van der Waals surface area contributed by atoms with Gasteiger partial charge in [0, 0.05) is 22.7 Å². The van der Waals surface area contributed by atoms with E-state index in [1.54, 1.807) is 36.4 Å². The summed E-state index contributed by atoms with van der Waals surface area (Å²) in [7, 11) is 0. The van der Waals surface area contributed by atoms with E-state index in [1.165, 1.54) is 29.2 Å². The third-order valence-corrected chi connectivity index (χ3v) is 5.59. The first-order chi connectivity index (χ1) is 15.0. The van der Waals surface area contributed by atoms with Crippen LogP contribution in [0.5, 0.6) is 0 Å². The van der Waals surface area contributed by atoms with Gasteiger partial charge in [-0.15, -0.1) is 0 Å². The smallest absolute Gasteiger partial charge is 0.353 e. The normalized spacial score (nSPS) is 11.4. The lowest BCUT2D eigenvalue weighted by atomic mass is 10.0. The number of rotatable bonds is 4. The van der Waals surface area contributed by atoms with Crippen LogP contribution < -0.4 is 5.56 Å². The maximum atomic E-state index is 14.4. The Kier molecular flexibility index (Phi) is 4.41. The first-order valence-electron chi connectivity index (χ1n) is 9.34. The van der Waals surface area contributed by atoms with Crippen LogP contribution in [0.4, 0.5) is 4.39 Å². The number of nitrogens with one attached hydrogen (secondary N) is 1. The monoisotopic (exact) mass is 436 g/mol. The molecule has 0 aliphatic heterocycles. The predicted octanol–water partition coefficient (Wildman–Crippen LogP) is 5.28. The van der Waals surface area contributed by atoms with Crippen molar-refractivity contribution in [1.29, 1.82) is 0 Å². The lowest BCUT2D eigenvalue weighted by molar-refractivity contribution is 0.0687. The minimum atomic E-state index is -1.25. The van der Waals surface area contributed by atoms with Gasteiger partial charge in [0.2, 0.25) is 0 Å². The van der Waals surface area contributed by atoms with Gasteiger partial charge in [0.15, 0.2) is 0 Å². The first-order valence-corrected chi connectivity index (χ1v) is 9.72. The number of benzene rings is 2. The molecular weight excluding hydrogens is 423 g/mol. The van der Waals surface area contributed by atoms with Crippen molar-refractivity contribution < 1.29 is 18.7 Å². The van der Waals surface area contributed by atoms with Crippen LogP contribution >= 0.6 is 11.6 Å². The highest BCUT2D eigenvalue weighted by Crippen LogP contribution is 2.41. The fraction of sp³-hybridized carbons (Fsp3) is 0.0435. The molecule has 0 bridgehead atoms. The molecule has 0 amide bonds. The summed E-state index contributed by atoms with van der Waals surface area (Å²) in [5, 5.41) is 11.5. The molecule has 0 saturated carbocycles. The van der Waals surface area contributed by atoms with Gasteiger partial charge in [0.25, 0.3) is 5.56 Å². The molecule has 0 saturated heterocycles. The Balaban J connectivity index is 1.96. The second-order valence-electron chi connectivity index (χ2n) is 7.04.